The minimum absolute atomic E-state index is 0.0145. The lowest BCUT2D eigenvalue weighted by Crippen LogP contribution is -2.40. The summed E-state index contributed by atoms with van der Waals surface area (Å²) < 4.78 is 2.85. The summed E-state index contributed by atoms with van der Waals surface area (Å²) in [6.45, 7) is 0.996. The molecule has 0 atom stereocenters. The van der Waals surface area contributed by atoms with E-state index in [1.807, 2.05) is 6.07 Å². The number of aryl methyl sites for hydroxylation is 2. The number of hydrogen-bond acceptors (Lipinski definition) is 4. The van der Waals surface area contributed by atoms with Crippen molar-refractivity contribution in [2.24, 2.45) is 0 Å². The second kappa shape index (κ2) is 6.63. The van der Waals surface area contributed by atoms with E-state index in [-0.39, 0.29) is 17.9 Å². The summed E-state index contributed by atoms with van der Waals surface area (Å²) in [6, 6.07) is 10.3. The first-order valence-electron chi connectivity index (χ1n) is 8.54. The number of nitrogens with one attached hydrogen (secondary N) is 1. The van der Waals surface area contributed by atoms with Crippen molar-refractivity contribution >= 4 is 28.2 Å². The molecule has 0 unspecified atom stereocenters. The second-order valence-electron chi connectivity index (χ2n) is 6.30. The molecule has 0 saturated carbocycles. The molecule has 2 N–H and O–H groups in total. The van der Waals surface area contributed by atoms with Gasteiger partial charge in [0.15, 0.2) is 0 Å². The molecule has 7 heteroatoms. The lowest BCUT2D eigenvalue weighted by Gasteiger charge is -2.23. The Hall–Kier alpha value is -2.57. The van der Waals surface area contributed by atoms with Gasteiger partial charge < -0.3 is 10.4 Å². The lowest BCUT2D eigenvalue weighted by molar-refractivity contribution is 0.311. The molecule has 1 aliphatic rings. The van der Waals surface area contributed by atoms with Crippen molar-refractivity contribution in [3.8, 4) is 5.69 Å². The quantitative estimate of drug-likeness (QED) is 0.736. The molecular weight excluding hydrogens is 354 g/mol. The summed E-state index contributed by atoms with van der Waals surface area (Å²) in [5, 5.41) is 13.2. The average Bonchev–Trinajstić information content (AvgIpc) is 2.65. The van der Waals surface area contributed by atoms with Crippen LogP contribution in [0.5, 0.6) is 0 Å². The largest absolute Gasteiger partial charge is 0.395 e. The van der Waals surface area contributed by atoms with Crippen LogP contribution >= 0.6 is 11.6 Å². The minimum Gasteiger partial charge on any atom is -0.395 e. The van der Waals surface area contributed by atoms with Crippen LogP contribution in [0.2, 0.25) is 5.02 Å². The lowest BCUT2D eigenvalue weighted by atomic mass is 9.99. The number of halogens is 1. The smallest absolute Gasteiger partial charge is 0.336 e. The maximum atomic E-state index is 13.1. The van der Waals surface area contributed by atoms with Crippen LogP contribution in [0.1, 0.15) is 12.0 Å². The summed E-state index contributed by atoms with van der Waals surface area (Å²) in [5.41, 5.74) is 2.26. The molecular formula is C19H18ClN3O3. The Kier molecular flexibility index (Phi) is 4.30. The van der Waals surface area contributed by atoms with E-state index in [1.54, 1.807) is 34.9 Å². The number of aliphatic hydroxyl groups is 1. The van der Waals surface area contributed by atoms with Gasteiger partial charge in [-0.2, -0.15) is 0 Å². The van der Waals surface area contributed by atoms with Gasteiger partial charge in [-0.3, -0.25) is 9.36 Å². The minimum atomic E-state index is -0.356. The molecule has 1 aromatic heterocycles. The maximum Gasteiger partial charge on any atom is 0.336 e. The topological polar surface area (TPSA) is 76.3 Å². The summed E-state index contributed by atoms with van der Waals surface area (Å²) >= 11 is 6.04. The van der Waals surface area contributed by atoms with E-state index < -0.39 is 0 Å². The van der Waals surface area contributed by atoms with Gasteiger partial charge in [0.2, 0.25) is 0 Å². The zero-order valence-corrected chi connectivity index (χ0v) is 14.8. The molecule has 2 heterocycles. The van der Waals surface area contributed by atoms with Crippen molar-refractivity contribution < 1.29 is 5.11 Å². The molecule has 0 saturated heterocycles. The molecule has 0 bridgehead atoms. The molecule has 2 aromatic carbocycles. The first-order chi connectivity index (χ1) is 12.6. The van der Waals surface area contributed by atoms with E-state index in [2.05, 4.69) is 5.32 Å². The van der Waals surface area contributed by atoms with Crippen molar-refractivity contribution in [3.63, 3.8) is 0 Å². The first-order valence-corrected chi connectivity index (χ1v) is 8.91. The van der Waals surface area contributed by atoms with Gasteiger partial charge in [0.1, 0.15) is 0 Å². The second-order valence-corrected chi connectivity index (χ2v) is 6.73. The number of aliphatic hydroxyl groups excluding tert-OH is 1. The van der Waals surface area contributed by atoms with Gasteiger partial charge in [-0.15, -0.1) is 0 Å². The zero-order valence-electron chi connectivity index (χ0n) is 14.0. The molecule has 1 aliphatic heterocycles. The molecule has 0 radical (unpaired) electrons. The SMILES string of the molecule is O=c1c2ccc(NCCO)c3c2n(c(=O)n1-c1cccc(Cl)c1)CCC3. The number of anilines is 1. The highest BCUT2D eigenvalue weighted by Crippen LogP contribution is 2.29. The molecule has 0 amide bonds. The third kappa shape index (κ3) is 2.62. The van der Waals surface area contributed by atoms with Gasteiger partial charge in [0, 0.05) is 23.8 Å². The predicted octanol–water partition coefficient (Wildman–Crippen LogP) is 2.16. The third-order valence-corrected chi connectivity index (χ3v) is 4.95. The third-order valence-electron chi connectivity index (χ3n) is 4.71. The molecule has 0 fully saturated rings. The van der Waals surface area contributed by atoms with Gasteiger partial charge in [0.05, 0.1) is 23.2 Å². The average molecular weight is 372 g/mol. The van der Waals surface area contributed by atoms with E-state index in [1.165, 1.54) is 4.57 Å². The van der Waals surface area contributed by atoms with Gasteiger partial charge in [-0.1, -0.05) is 17.7 Å². The van der Waals surface area contributed by atoms with Crippen LogP contribution < -0.4 is 16.6 Å². The van der Waals surface area contributed by atoms with Gasteiger partial charge in [-0.05, 0) is 48.7 Å². The highest BCUT2D eigenvalue weighted by molar-refractivity contribution is 6.30. The Morgan fingerprint density at radius 1 is 1.19 bits per heavy atom. The number of nitrogens with zero attached hydrogens (tertiary/aromatic N) is 2. The fourth-order valence-corrected chi connectivity index (χ4v) is 3.80. The van der Waals surface area contributed by atoms with Crippen molar-refractivity contribution in [2.45, 2.75) is 19.4 Å². The Bertz CT molecular complexity index is 1120. The van der Waals surface area contributed by atoms with Crippen molar-refractivity contribution in [3.05, 3.63) is 67.8 Å². The maximum absolute atomic E-state index is 13.1. The summed E-state index contributed by atoms with van der Waals surface area (Å²) in [6.07, 6.45) is 1.60. The number of hydrogen-bond donors (Lipinski definition) is 2. The first kappa shape index (κ1) is 16.9. The van der Waals surface area contributed by atoms with Gasteiger partial charge >= 0.3 is 5.69 Å². The van der Waals surface area contributed by atoms with Crippen LogP contribution in [0.4, 0.5) is 5.69 Å². The van der Waals surface area contributed by atoms with Crippen molar-refractivity contribution in [1.82, 2.24) is 9.13 Å². The Balaban J connectivity index is 2.05. The van der Waals surface area contributed by atoms with Crippen LogP contribution in [0.15, 0.2) is 46.0 Å². The molecule has 0 aliphatic carbocycles. The fourth-order valence-electron chi connectivity index (χ4n) is 3.61. The van der Waals surface area contributed by atoms with Crippen molar-refractivity contribution in [1.29, 1.82) is 0 Å². The number of aromatic nitrogens is 2. The summed E-state index contributed by atoms with van der Waals surface area (Å²) in [5.74, 6) is 0. The van der Waals surface area contributed by atoms with E-state index in [0.717, 1.165) is 24.1 Å². The number of benzene rings is 2. The standard InChI is InChI=1S/C19H18ClN3O3/c20-12-3-1-4-13(11-12)23-18(25)15-6-7-16(21-8-10-24)14-5-2-9-22(17(14)15)19(23)26/h1,3-4,6-7,11,21,24H,2,5,8-10H2. The normalized spacial score (nSPS) is 13.2. The Morgan fingerprint density at radius 3 is 2.81 bits per heavy atom. The van der Waals surface area contributed by atoms with Crippen LogP contribution in [-0.4, -0.2) is 27.4 Å². The van der Waals surface area contributed by atoms with E-state index in [0.29, 0.717) is 34.7 Å². The van der Waals surface area contributed by atoms with Crippen LogP contribution in [0.25, 0.3) is 16.6 Å². The van der Waals surface area contributed by atoms with Crippen LogP contribution in [0, 0.1) is 0 Å². The van der Waals surface area contributed by atoms with Crippen molar-refractivity contribution in [2.75, 3.05) is 18.5 Å². The molecule has 134 valence electrons. The highest BCUT2D eigenvalue weighted by Gasteiger charge is 2.22. The number of rotatable bonds is 4. The Labute approximate surface area is 154 Å². The fraction of sp³-hybridized carbons (Fsp3) is 0.263. The van der Waals surface area contributed by atoms with E-state index in [4.69, 9.17) is 16.7 Å². The summed E-state index contributed by atoms with van der Waals surface area (Å²) in [4.78, 5) is 26.2. The molecule has 6 nitrogen and oxygen atoms in total. The summed E-state index contributed by atoms with van der Waals surface area (Å²) in [7, 11) is 0. The molecule has 4 rings (SSSR count). The Morgan fingerprint density at radius 2 is 2.04 bits per heavy atom. The van der Waals surface area contributed by atoms with Gasteiger partial charge in [0.25, 0.3) is 5.56 Å². The van der Waals surface area contributed by atoms with Crippen LogP contribution in [-0.2, 0) is 13.0 Å². The zero-order chi connectivity index (χ0) is 18.3. The monoisotopic (exact) mass is 371 g/mol. The van der Waals surface area contributed by atoms with E-state index >= 15 is 0 Å². The molecule has 0 spiro atoms. The molecule has 26 heavy (non-hydrogen) atoms. The highest BCUT2D eigenvalue weighted by atomic mass is 35.5. The van der Waals surface area contributed by atoms with Crippen LogP contribution in [0.3, 0.4) is 0 Å². The van der Waals surface area contributed by atoms with Gasteiger partial charge in [-0.25, -0.2) is 9.36 Å². The predicted molar refractivity (Wildman–Crippen MR) is 103 cm³/mol. The van der Waals surface area contributed by atoms with E-state index in [9.17, 15) is 9.59 Å². The molecule has 3 aromatic rings.